The summed E-state index contributed by atoms with van der Waals surface area (Å²) in [5.74, 6) is -1.56. The normalized spacial score (nSPS) is 16.4. The van der Waals surface area contributed by atoms with Gasteiger partial charge in [-0.15, -0.1) is 0 Å². The Morgan fingerprint density at radius 3 is 2.34 bits per heavy atom. The molecule has 1 fully saturated rings. The Labute approximate surface area is 221 Å². The third-order valence-electron chi connectivity index (χ3n) is 6.38. The number of carbonyl (C=O) groups excluding carboxylic acids is 3. The zero-order chi connectivity index (χ0) is 27.4. The highest BCUT2D eigenvalue weighted by molar-refractivity contribution is 6.46. The number of aliphatic hydroxyl groups excluding tert-OH is 1. The number of aliphatic hydroxyl groups is 1. The molecule has 0 radical (unpaired) electrons. The van der Waals surface area contributed by atoms with Gasteiger partial charge in [-0.05, 0) is 55.3 Å². The molecule has 1 N–H and O–H groups in total. The second-order valence-electron chi connectivity index (χ2n) is 8.82. The smallest absolute Gasteiger partial charge is 0.338 e. The molecule has 1 aliphatic rings. The maximum atomic E-state index is 13.4. The van der Waals surface area contributed by atoms with Crippen molar-refractivity contribution in [2.24, 2.45) is 0 Å². The Hall–Kier alpha value is -4.59. The number of hydrogen-bond donors (Lipinski definition) is 1. The van der Waals surface area contributed by atoms with Gasteiger partial charge in [-0.1, -0.05) is 42.0 Å². The van der Waals surface area contributed by atoms with Gasteiger partial charge in [0.2, 0.25) is 0 Å². The molecule has 1 aliphatic heterocycles. The van der Waals surface area contributed by atoms with Crippen molar-refractivity contribution in [2.45, 2.75) is 26.4 Å². The summed E-state index contributed by atoms with van der Waals surface area (Å²) in [5.41, 5.74) is 2.90. The molecule has 0 aromatic heterocycles. The predicted octanol–water partition coefficient (Wildman–Crippen LogP) is 4.81. The van der Waals surface area contributed by atoms with Crippen LogP contribution in [0.25, 0.3) is 5.76 Å². The van der Waals surface area contributed by atoms with Crippen molar-refractivity contribution in [2.75, 3.05) is 20.8 Å². The Balaban J connectivity index is 1.82. The molecule has 0 saturated carbocycles. The SMILES string of the molecule is CCOC(=O)c1ccc(CN2C(=O)C(=O)/C(=C(/O)c3cc(OC)ccc3OC)C2c2cccc(C)c2)cc1. The molecule has 3 aromatic rings. The number of amides is 1. The number of ether oxygens (including phenoxy) is 3. The monoisotopic (exact) mass is 515 g/mol. The van der Waals surface area contributed by atoms with Gasteiger partial charge < -0.3 is 24.2 Å². The molecule has 1 atom stereocenters. The topological polar surface area (TPSA) is 102 Å². The van der Waals surface area contributed by atoms with E-state index in [1.54, 1.807) is 49.4 Å². The van der Waals surface area contributed by atoms with E-state index in [1.165, 1.54) is 19.1 Å². The minimum Gasteiger partial charge on any atom is -0.507 e. The average Bonchev–Trinajstić information content (AvgIpc) is 3.17. The summed E-state index contributed by atoms with van der Waals surface area (Å²) in [6.07, 6.45) is 0. The van der Waals surface area contributed by atoms with E-state index < -0.39 is 23.7 Å². The van der Waals surface area contributed by atoms with E-state index in [9.17, 15) is 19.5 Å². The largest absolute Gasteiger partial charge is 0.507 e. The van der Waals surface area contributed by atoms with Crippen LogP contribution in [0.2, 0.25) is 0 Å². The summed E-state index contributed by atoms with van der Waals surface area (Å²) >= 11 is 0. The van der Waals surface area contributed by atoms with Crippen LogP contribution in [0.1, 0.15) is 45.6 Å². The Kier molecular flexibility index (Phi) is 7.81. The highest BCUT2D eigenvalue weighted by atomic mass is 16.5. The molecule has 3 aromatic carbocycles. The Morgan fingerprint density at radius 1 is 0.974 bits per heavy atom. The van der Waals surface area contributed by atoms with E-state index in [-0.39, 0.29) is 30.0 Å². The quantitative estimate of drug-likeness (QED) is 0.199. The van der Waals surface area contributed by atoms with Crippen molar-refractivity contribution in [3.8, 4) is 11.5 Å². The molecule has 1 saturated heterocycles. The number of Topliss-reactive ketones (excluding diaryl/α,β-unsaturated/α-hetero) is 1. The standard InChI is InChI=1S/C30H29NO7/c1-5-38-30(35)20-11-9-19(10-12-20)17-31-26(21-8-6-7-18(2)15-21)25(28(33)29(31)34)27(32)23-16-22(36-3)13-14-24(23)37-4/h6-16,26,32H,5,17H2,1-4H3/b27-25+. The van der Waals surface area contributed by atoms with Crippen molar-refractivity contribution in [1.82, 2.24) is 4.90 Å². The number of nitrogens with zero attached hydrogens (tertiary/aromatic N) is 1. The van der Waals surface area contributed by atoms with Crippen molar-refractivity contribution in [3.05, 3.63) is 100 Å². The average molecular weight is 516 g/mol. The molecule has 4 rings (SSSR count). The minimum absolute atomic E-state index is 0.0460. The zero-order valence-corrected chi connectivity index (χ0v) is 21.7. The third kappa shape index (κ3) is 5.11. The highest BCUT2D eigenvalue weighted by Crippen LogP contribution is 2.42. The molecule has 1 amide bonds. The molecule has 8 heteroatoms. The molecule has 8 nitrogen and oxygen atoms in total. The lowest BCUT2D eigenvalue weighted by Gasteiger charge is -2.26. The van der Waals surface area contributed by atoms with Crippen LogP contribution in [0.15, 0.2) is 72.3 Å². The summed E-state index contributed by atoms with van der Waals surface area (Å²) < 4.78 is 15.8. The van der Waals surface area contributed by atoms with Crippen LogP contribution in [-0.2, 0) is 20.9 Å². The van der Waals surface area contributed by atoms with Gasteiger partial charge in [0.05, 0.1) is 43.6 Å². The number of ketones is 1. The first-order valence-electron chi connectivity index (χ1n) is 12.1. The van der Waals surface area contributed by atoms with E-state index in [4.69, 9.17) is 14.2 Å². The lowest BCUT2D eigenvalue weighted by atomic mass is 9.94. The fourth-order valence-electron chi connectivity index (χ4n) is 4.53. The first-order chi connectivity index (χ1) is 18.3. The van der Waals surface area contributed by atoms with Crippen LogP contribution >= 0.6 is 0 Å². The fraction of sp³-hybridized carbons (Fsp3) is 0.233. The van der Waals surface area contributed by atoms with Gasteiger partial charge in [0, 0.05) is 6.54 Å². The van der Waals surface area contributed by atoms with Crippen LogP contribution in [0.3, 0.4) is 0 Å². The van der Waals surface area contributed by atoms with Crippen LogP contribution < -0.4 is 9.47 Å². The molecule has 196 valence electrons. The third-order valence-corrected chi connectivity index (χ3v) is 6.38. The van der Waals surface area contributed by atoms with Gasteiger partial charge in [-0.25, -0.2) is 4.79 Å². The van der Waals surface area contributed by atoms with Gasteiger partial charge in [-0.2, -0.15) is 0 Å². The van der Waals surface area contributed by atoms with E-state index in [2.05, 4.69) is 0 Å². The van der Waals surface area contributed by atoms with E-state index in [0.29, 0.717) is 28.2 Å². The lowest BCUT2D eigenvalue weighted by molar-refractivity contribution is -0.140. The van der Waals surface area contributed by atoms with Gasteiger partial charge >= 0.3 is 5.97 Å². The molecular weight excluding hydrogens is 486 g/mol. The van der Waals surface area contributed by atoms with Crippen molar-refractivity contribution >= 4 is 23.4 Å². The number of carbonyl (C=O) groups is 3. The van der Waals surface area contributed by atoms with Gasteiger partial charge in [-0.3, -0.25) is 9.59 Å². The van der Waals surface area contributed by atoms with Crippen molar-refractivity contribution in [1.29, 1.82) is 0 Å². The second-order valence-corrected chi connectivity index (χ2v) is 8.82. The number of hydrogen-bond acceptors (Lipinski definition) is 7. The fourth-order valence-corrected chi connectivity index (χ4v) is 4.53. The maximum Gasteiger partial charge on any atom is 0.338 e. The Bertz CT molecular complexity index is 1410. The summed E-state index contributed by atoms with van der Waals surface area (Å²) in [6.45, 7) is 3.99. The molecule has 0 aliphatic carbocycles. The molecule has 38 heavy (non-hydrogen) atoms. The van der Waals surface area contributed by atoms with E-state index in [0.717, 1.165) is 5.56 Å². The minimum atomic E-state index is -0.851. The molecule has 1 unspecified atom stereocenters. The number of likely N-dealkylation sites (tertiary alicyclic amines) is 1. The molecule has 0 spiro atoms. The number of aryl methyl sites for hydroxylation is 1. The van der Waals surface area contributed by atoms with Crippen LogP contribution in [0.4, 0.5) is 0 Å². The summed E-state index contributed by atoms with van der Waals surface area (Å²) in [4.78, 5) is 40.2. The van der Waals surface area contributed by atoms with Crippen molar-refractivity contribution < 1.29 is 33.7 Å². The summed E-state index contributed by atoms with van der Waals surface area (Å²) in [5, 5.41) is 11.5. The molecule has 1 heterocycles. The van der Waals surface area contributed by atoms with Crippen LogP contribution in [-0.4, -0.2) is 48.5 Å². The maximum absolute atomic E-state index is 13.4. The molecule has 0 bridgehead atoms. The highest BCUT2D eigenvalue weighted by Gasteiger charge is 2.46. The summed E-state index contributed by atoms with van der Waals surface area (Å²) in [7, 11) is 2.94. The lowest BCUT2D eigenvalue weighted by Crippen LogP contribution is -2.29. The summed E-state index contributed by atoms with van der Waals surface area (Å²) in [6, 6.07) is 18.1. The van der Waals surface area contributed by atoms with Crippen LogP contribution in [0.5, 0.6) is 11.5 Å². The number of benzene rings is 3. The zero-order valence-electron chi connectivity index (χ0n) is 21.7. The van der Waals surface area contributed by atoms with E-state index >= 15 is 0 Å². The van der Waals surface area contributed by atoms with E-state index in [1.807, 2.05) is 31.2 Å². The number of rotatable bonds is 8. The first-order valence-corrected chi connectivity index (χ1v) is 12.1. The number of methoxy groups -OCH3 is 2. The van der Waals surface area contributed by atoms with Gasteiger partial charge in [0.1, 0.15) is 17.3 Å². The second kappa shape index (κ2) is 11.2. The predicted molar refractivity (Wildman–Crippen MR) is 141 cm³/mol. The first kappa shape index (κ1) is 26.5. The Morgan fingerprint density at radius 2 is 1.71 bits per heavy atom. The van der Waals surface area contributed by atoms with Crippen LogP contribution in [0, 0.1) is 6.92 Å². The van der Waals surface area contributed by atoms with Gasteiger partial charge in [0.25, 0.3) is 11.7 Å². The van der Waals surface area contributed by atoms with Gasteiger partial charge in [0.15, 0.2) is 0 Å². The molecular formula is C30H29NO7. The van der Waals surface area contributed by atoms with Crippen molar-refractivity contribution in [3.63, 3.8) is 0 Å². The number of esters is 1.